The highest BCUT2D eigenvalue weighted by atomic mass is 79.9. The summed E-state index contributed by atoms with van der Waals surface area (Å²) in [6.45, 7) is 0. The minimum absolute atomic E-state index is 0.713. The molecule has 0 atom stereocenters. The van der Waals surface area contributed by atoms with Crippen LogP contribution in [0, 0.1) is 11.3 Å². The Morgan fingerprint density at radius 3 is 2.92 bits per heavy atom. The molecule has 1 heterocycles. The maximum Gasteiger partial charge on any atom is 0.101 e. The fourth-order valence-corrected chi connectivity index (χ4v) is 2.06. The first kappa shape index (κ1) is 8.33. The molecule has 0 aliphatic heterocycles. The van der Waals surface area contributed by atoms with Crippen molar-refractivity contribution in [1.29, 1.82) is 5.26 Å². The van der Waals surface area contributed by atoms with Gasteiger partial charge in [0, 0.05) is 23.1 Å². The van der Waals surface area contributed by atoms with E-state index in [9.17, 15) is 0 Å². The summed E-state index contributed by atoms with van der Waals surface area (Å²) >= 11 is 3.44. The number of aromatic nitrogens is 1. The van der Waals surface area contributed by atoms with Crippen LogP contribution in [0.25, 0.3) is 10.9 Å². The van der Waals surface area contributed by atoms with E-state index in [4.69, 9.17) is 5.26 Å². The summed E-state index contributed by atoms with van der Waals surface area (Å²) in [7, 11) is 1.94. The highest BCUT2D eigenvalue weighted by Gasteiger charge is 2.07. The summed E-state index contributed by atoms with van der Waals surface area (Å²) in [5, 5.41) is 9.88. The number of nitriles is 1. The largest absolute Gasteiger partial charge is 0.349 e. The van der Waals surface area contributed by atoms with E-state index in [1.165, 1.54) is 0 Å². The van der Waals surface area contributed by atoms with Crippen molar-refractivity contribution in [3.63, 3.8) is 0 Å². The number of hydrogen-bond acceptors (Lipinski definition) is 1. The average Bonchev–Trinajstić information content (AvgIpc) is 2.45. The quantitative estimate of drug-likeness (QED) is 0.690. The van der Waals surface area contributed by atoms with Crippen LogP contribution in [0.1, 0.15) is 5.56 Å². The zero-order valence-corrected chi connectivity index (χ0v) is 8.67. The first-order chi connectivity index (χ1) is 6.24. The molecule has 0 radical (unpaired) electrons. The monoisotopic (exact) mass is 234 g/mol. The normalized spacial score (nSPS) is 10.2. The molecule has 0 aliphatic carbocycles. The summed E-state index contributed by atoms with van der Waals surface area (Å²) in [6.07, 6.45) is 1.84. The van der Waals surface area contributed by atoms with Gasteiger partial charge >= 0.3 is 0 Å². The van der Waals surface area contributed by atoms with E-state index in [0.29, 0.717) is 5.56 Å². The lowest BCUT2D eigenvalue weighted by Crippen LogP contribution is -1.82. The minimum atomic E-state index is 0.713. The first-order valence-electron chi connectivity index (χ1n) is 3.87. The lowest BCUT2D eigenvalue weighted by molar-refractivity contribution is 0.967. The number of halogens is 1. The fraction of sp³-hybridized carbons (Fsp3) is 0.100. The number of hydrogen-bond donors (Lipinski definition) is 0. The molecule has 1 aromatic heterocycles. The summed E-state index contributed by atoms with van der Waals surface area (Å²) in [5.74, 6) is 0. The number of nitrogens with zero attached hydrogens (tertiary/aromatic N) is 2. The van der Waals surface area contributed by atoms with Gasteiger partial charge in [-0.2, -0.15) is 5.26 Å². The molecule has 0 bridgehead atoms. The van der Waals surface area contributed by atoms with E-state index in [1.54, 1.807) is 0 Å². The third-order valence-corrected chi connectivity index (χ3v) is 2.74. The van der Waals surface area contributed by atoms with Crippen LogP contribution in [-0.2, 0) is 7.05 Å². The molecule has 0 spiro atoms. The second kappa shape index (κ2) is 2.90. The maximum absolute atomic E-state index is 8.89. The highest BCUT2D eigenvalue weighted by molar-refractivity contribution is 9.10. The van der Waals surface area contributed by atoms with E-state index in [-0.39, 0.29) is 0 Å². The molecule has 0 saturated carbocycles. The lowest BCUT2D eigenvalue weighted by Gasteiger charge is -1.96. The second-order valence-electron chi connectivity index (χ2n) is 2.90. The molecule has 0 saturated heterocycles. The van der Waals surface area contributed by atoms with Gasteiger partial charge in [0.2, 0.25) is 0 Å². The minimum Gasteiger partial charge on any atom is -0.349 e. The number of rotatable bonds is 0. The van der Waals surface area contributed by atoms with Crippen LogP contribution in [0.15, 0.2) is 28.9 Å². The number of fused-ring (bicyclic) bond motifs is 1. The Morgan fingerprint density at radius 2 is 2.23 bits per heavy atom. The molecular formula is C10H7BrN2. The third-order valence-electron chi connectivity index (χ3n) is 2.08. The van der Waals surface area contributed by atoms with E-state index < -0.39 is 0 Å². The Labute approximate surface area is 84.5 Å². The van der Waals surface area contributed by atoms with Crippen molar-refractivity contribution in [1.82, 2.24) is 4.57 Å². The van der Waals surface area contributed by atoms with Gasteiger partial charge in [0.25, 0.3) is 0 Å². The molecule has 2 nitrogen and oxygen atoms in total. The van der Waals surface area contributed by atoms with Crippen molar-refractivity contribution < 1.29 is 0 Å². The topological polar surface area (TPSA) is 28.7 Å². The van der Waals surface area contributed by atoms with Crippen molar-refractivity contribution in [2.75, 3.05) is 0 Å². The van der Waals surface area contributed by atoms with Crippen LogP contribution < -0.4 is 0 Å². The van der Waals surface area contributed by atoms with Crippen LogP contribution in [0.2, 0.25) is 0 Å². The summed E-state index contributed by atoms with van der Waals surface area (Å²) in [4.78, 5) is 0. The molecule has 1 aromatic carbocycles. The van der Waals surface area contributed by atoms with Gasteiger partial charge in [-0.3, -0.25) is 0 Å². The predicted octanol–water partition coefficient (Wildman–Crippen LogP) is 2.81. The predicted molar refractivity (Wildman–Crippen MR) is 55.3 cm³/mol. The molecule has 13 heavy (non-hydrogen) atoms. The zero-order valence-electron chi connectivity index (χ0n) is 7.08. The van der Waals surface area contributed by atoms with E-state index in [1.807, 2.05) is 36.0 Å². The van der Waals surface area contributed by atoms with Crippen LogP contribution in [0.5, 0.6) is 0 Å². The second-order valence-corrected chi connectivity index (χ2v) is 3.75. The Hall–Kier alpha value is -1.27. The Kier molecular flexibility index (Phi) is 1.86. The Bertz CT molecular complexity index is 505. The molecule has 0 N–H and O–H groups in total. The smallest absolute Gasteiger partial charge is 0.101 e. The van der Waals surface area contributed by atoms with Crippen LogP contribution >= 0.6 is 15.9 Å². The molecular weight excluding hydrogens is 228 g/mol. The SMILES string of the molecule is Cn1cc(C#N)c2c(Br)cccc21. The molecule has 64 valence electrons. The van der Waals surface area contributed by atoms with Crippen LogP contribution in [-0.4, -0.2) is 4.57 Å². The van der Waals surface area contributed by atoms with E-state index in [2.05, 4.69) is 22.0 Å². The van der Waals surface area contributed by atoms with Crippen molar-refractivity contribution in [2.24, 2.45) is 7.05 Å². The Morgan fingerprint density at radius 1 is 1.46 bits per heavy atom. The van der Waals surface area contributed by atoms with Crippen molar-refractivity contribution in [2.45, 2.75) is 0 Å². The molecule has 0 amide bonds. The average molecular weight is 235 g/mol. The molecule has 3 heteroatoms. The van der Waals surface area contributed by atoms with E-state index in [0.717, 1.165) is 15.4 Å². The van der Waals surface area contributed by atoms with Gasteiger partial charge in [0.05, 0.1) is 11.1 Å². The van der Waals surface area contributed by atoms with Gasteiger partial charge in [-0.15, -0.1) is 0 Å². The summed E-state index contributed by atoms with van der Waals surface area (Å²) in [6, 6.07) is 8.10. The Balaban J connectivity index is 2.99. The highest BCUT2D eigenvalue weighted by Crippen LogP contribution is 2.27. The van der Waals surface area contributed by atoms with Crippen molar-refractivity contribution in [3.8, 4) is 6.07 Å². The van der Waals surface area contributed by atoms with Crippen LogP contribution in [0.4, 0.5) is 0 Å². The van der Waals surface area contributed by atoms with Gasteiger partial charge in [-0.25, -0.2) is 0 Å². The summed E-state index contributed by atoms with van der Waals surface area (Å²) < 4.78 is 2.93. The zero-order chi connectivity index (χ0) is 9.42. The fourth-order valence-electron chi connectivity index (χ4n) is 1.49. The molecule has 0 fully saturated rings. The van der Waals surface area contributed by atoms with Crippen molar-refractivity contribution >= 4 is 26.8 Å². The van der Waals surface area contributed by atoms with Gasteiger partial charge < -0.3 is 4.57 Å². The van der Waals surface area contributed by atoms with Gasteiger partial charge in [-0.05, 0) is 12.1 Å². The van der Waals surface area contributed by atoms with Gasteiger partial charge in [0.15, 0.2) is 0 Å². The number of aryl methyl sites for hydroxylation is 1. The lowest BCUT2D eigenvalue weighted by atomic mass is 10.2. The molecule has 0 unspecified atom stereocenters. The van der Waals surface area contributed by atoms with Crippen LogP contribution in [0.3, 0.4) is 0 Å². The maximum atomic E-state index is 8.89. The number of benzene rings is 1. The standard InChI is InChI=1S/C10H7BrN2/c1-13-6-7(5-12)10-8(11)3-2-4-9(10)13/h2-4,6H,1H3. The molecule has 2 rings (SSSR count). The first-order valence-corrected chi connectivity index (χ1v) is 4.67. The van der Waals surface area contributed by atoms with Crippen molar-refractivity contribution in [3.05, 3.63) is 34.4 Å². The van der Waals surface area contributed by atoms with Gasteiger partial charge in [0.1, 0.15) is 6.07 Å². The van der Waals surface area contributed by atoms with Gasteiger partial charge in [-0.1, -0.05) is 22.0 Å². The molecule has 0 aliphatic rings. The van der Waals surface area contributed by atoms with E-state index >= 15 is 0 Å². The third kappa shape index (κ3) is 1.14. The molecule has 2 aromatic rings. The summed E-state index contributed by atoms with van der Waals surface area (Å²) in [5.41, 5.74) is 1.79.